The van der Waals surface area contributed by atoms with Crippen LogP contribution in [-0.4, -0.2) is 52.3 Å². The molecule has 0 aliphatic carbocycles. The first-order valence-corrected chi connectivity index (χ1v) is 10.8. The third-order valence-corrected chi connectivity index (χ3v) is 5.79. The molecule has 0 saturated carbocycles. The molecule has 1 unspecified atom stereocenters. The van der Waals surface area contributed by atoms with Crippen molar-refractivity contribution in [1.29, 1.82) is 0 Å². The van der Waals surface area contributed by atoms with Gasteiger partial charge in [0, 0.05) is 50.3 Å². The van der Waals surface area contributed by atoms with Gasteiger partial charge in [0.2, 0.25) is 0 Å². The molecule has 1 aromatic heterocycles. The summed E-state index contributed by atoms with van der Waals surface area (Å²) in [6.07, 6.45) is 3.49. The van der Waals surface area contributed by atoms with E-state index in [2.05, 4.69) is 10.4 Å². The van der Waals surface area contributed by atoms with Crippen molar-refractivity contribution in [3.8, 4) is 5.69 Å². The second-order valence-corrected chi connectivity index (χ2v) is 8.06. The molecule has 0 radical (unpaired) electrons. The highest BCUT2D eigenvalue weighted by Gasteiger charge is 2.32. The van der Waals surface area contributed by atoms with Crippen LogP contribution in [0.5, 0.6) is 0 Å². The quantitative estimate of drug-likeness (QED) is 0.635. The second-order valence-electron chi connectivity index (χ2n) is 7.66. The number of urea groups is 1. The Morgan fingerprint density at radius 2 is 2.03 bits per heavy atom. The van der Waals surface area contributed by atoms with Gasteiger partial charge in [-0.3, -0.25) is 4.79 Å². The molecule has 4 rings (SSSR count). The van der Waals surface area contributed by atoms with Crippen LogP contribution in [0.2, 0.25) is 5.02 Å². The summed E-state index contributed by atoms with van der Waals surface area (Å²) in [5.41, 5.74) is 8.34. The van der Waals surface area contributed by atoms with Crippen molar-refractivity contribution < 1.29 is 9.59 Å². The normalized spacial score (nSPS) is 15.8. The summed E-state index contributed by atoms with van der Waals surface area (Å²) < 4.78 is 1.68. The first kappa shape index (κ1) is 21.9. The summed E-state index contributed by atoms with van der Waals surface area (Å²) in [7, 11) is 0. The maximum absolute atomic E-state index is 13.6. The number of carbonyl (C=O) groups excluding carboxylic acids is 2. The summed E-state index contributed by atoms with van der Waals surface area (Å²) in [6.45, 7) is 3.41. The van der Waals surface area contributed by atoms with E-state index in [1.165, 1.54) is 0 Å². The summed E-state index contributed by atoms with van der Waals surface area (Å²) in [5.74, 6) is -0.217. The molecule has 1 atom stereocenters. The topological polar surface area (TPSA) is 96.5 Å². The van der Waals surface area contributed by atoms with Crippen LogP contribution in [0.15, 0.2) is 60.9 Å². The van der Waals surface area contributed by atoms with Crippen LogP contribution in [0, 0.1) is 0 Å². The zero-order chi connectivity index (χ0) is 22.7. The molecule has 0 fully saturated rings. The van der Waals surface area contributed by atoms with Gasteiger partial charge >= 0.3 is 6.03 Å². The van der Waals surface area contributed by atoms with Crippen LogP contribution < -0.4 is 16.0 Å². The zero-order valence-corrected chi connectivity index (χ0v) is 18.5. The van der Waals surface area contributed by atoms with Crippen molar-refractivity contribution in [2.24, 2.45) is 5.73 Å². The summed E-state index contributed by atoms with van der Waals surface area (Å²) in [6, 6.07) is 14.3. The average Bonchev–Trinajstić information content (AvgIpc) is 3.29. The van der Waals surface area contributed by atoms with Crippen molar-refractivity contribution in [3.05, 3.63) is 77.1 Å². The van der Waals surface area contributed by atoms with Crippen LogP contribution in [0.1, 0.15) is 22.8 Å². The number of hydrogen-bond donors (Lipinski definition) is 2. The second kappa shape index (κ2) is 9.42. The van der Waals surface area contributed by atoms with Crippen LogP contribution in [-0.2, 0) is 6.54 Å². The maximum atomic E-state index is 13.6. The molecule has 2 aromatic carbocycles. The Bertz CT molecular complexity index is 1120. The van der Waals surface area contributed by atoms with Gasteiger partial charge in [0.1, 0.15) is 0 Å². The minimum Gasteiger partial charge on any atom is -0.337 e. The van der Waals surface area contributed by atoms with E-state index >= 15 is 0 Å². The van der Waals surface area contributed by atoms with Gasteiger partial charge in [-0.15, -0.1) is 0 Å². The minimum absolute atomic E-state index is 0.200. The SMILES string of the molecule is CC1CN(C(=O)c2ccc(-n3cccn3)cc2Cl)c2ccccc2CN1C(=O)NCCN. The Morgan fingerprint density at radius 3 is 2.75 bits per heavy atom. The number of amides is 3. The number of halogens is 1. The van der Waals surface area contributed by atoms with Crippen LogP contribution in [0.4, 0.5) is 10.5 Å². The number of nitrogens with two attached hydrogens (primary N) is 1. The van der Waals surface area contributed by atoms with Crippen LogP contribution in [0.3, 0.4) is 0 Å². The van der Waals surface area contributed by atoms with Gasteiger partial charge in [0.05, 0.1) is 16.3 Å². The molecule has 0 bridgehead atoms. The third kappa shape index (κ3) is 4.32. The molecule has 2 heterocycles. The van der Waals surface area contributed by atoms with Gasteiger partial charge < -0.3 is 20.9 Å². The fraction of sp³-hybridized carbons (Fsp3) is 0.261. The molecule has 0 spiro atoms. The van der Waals surface area contributed by atoms with E-state index in [4.69, 9.17) is 17.3 Å². The van der Waals surface area contributed by atoms with E-state index in [0.717, 1.165) is 16.9 Å². The summed E-state index contributed by atoms with van der Waals surface area (Å²) >= 11 is 6.53. The van der Waals surface area contributed by atoms with Gasteiger partial charge in [-0.25, -0.2) is 9.48 Å². The standard InChI is InChI=1S/C23H25ClN6O2/c1-16-14-29(21-6-3-2-5-17(21)15-28(16)23(32)26-11-9-25)22(31)19-8-7-18(13-20(19)24)30-12-4-10-27-30/h2-8,10,12-13,16H,9,11,14-15,25H2,1H3,(H,26,32). The molecule has 1 aliphatic rings. The van der Waals surface area contributed by atoms with Crippen molar-refractivity contribution in [1.82, 2.24) is 20.0 Å². The Labute approximate surface area is 191 Å². The molecule has 8 nitrogen and oxygen atoms in total. The van der Waals surface area contributed by atoms with E-state index in [-0.39, 0.29) is 18.0 Å². The molecule has 3 amide bonds. The number of para-hydroxylation sites is 1. The van der Waals surface area contributed by atoms with Crippen molar-refractivity contribution >= 4 is 29.2 Å². The lowest BCUT2D eigenvalue weighted by Crippen LogP contribution is -2.49. The van der Waals surface area contributed by atoms with Gasteiger partial charge in [-0.05, 0) is 42.8 Å². The number of aromatic nitrogens is 2. The molecule has 9 heteroatoms. The van der Waals surface area contributed by atoms with Gasteiger partial charge in [0.25, 0.3) is 5.91 Å². The van der Waals surface area contributed by atoms with E-state index in [9.17, 15) is 9.59 Å². The molecular formula is C23H25ClN6O2. The summed E-state index contributed by atoms with van der Waals surface area (Å²) in [5, 5.41) is 7.37. The number of hydrogen-bond acceptors (Lipinski definition) is 4. The van der Waals surface area contributed by atoms with E-state index in [1.54, 1.807) is 32.8 Å². The maximum Gasteiger partial charge on any atom is 0.318 e. The smallest absolute Gasteiger partial charge is 0.318 e. The van der Waals surface area contributed by atoms with Crippen LogP contribution in [0.25, 0.3) is 5.69 Å². The highest BCUT2D eigenvalue weighted by molar-refractivity contribution is 6.34. The van der Waals surface area contributed by atoms with Gasteiger partial charge in [-0.1, -0.05) is 29.8 Å². The van der Waals surface area contributed by atoms with E-state index in [1.807, 2.05) is 49.5 Å². The molecule has 0 saturated heterocycles. The average molecular weight is 453 g/mol. The lowest BCUT2D eigenvalue weighted by Gasteiger charge is -2.29. The first-order chi connectivity index (χ1) is 15.5. The number of anilines is 1. The Hall–Kier alpha value is -3.36. The molecular weight excluding hydrogens is 428 g/mol. The number of fused-ring (bicyclic) bond motifs is 1. The monoisotopic (exact) mass is 452 g/mol. The van der Waals surface area contributed by atoms with Gasteiger partial charge in [-0.2, -0.15) is 5.10 Å². The Balaban J connectivity index is 1.66. The first-order valence-electron chi connectivity index (χ1n) is 10.4. The number of nitrogens with one attached hydrogen (secondary N) is 1. The predicted octanol–water partition coefficient (Wildman–Crippen LogP) is 3.04. The van der Waals surface area contributed by atoms with Gasteiger partial charge in [0.15, 0.2) is 0 Å². The van der Waals surface area contributed by atoms with E-state index < -0.39 is 0 Å². The third-order valence-electron chi connectivity index (χ3n) is 5.48. The number of benzene rings is 2. The molecule has 32 heavy (non-hydrogen) atoms. The van der Waals surface area contributed by atoms with Crippen LogP contribution >= 0.6 is 11.6 Å². The zero-order valence-electron chi connectivity index (χ0n) is 17.7. The minimum atomic E-state index is -0.217. The predicted molar refractivity (Wildman–Crippen MR) is 124 cm³/mol. The Kier molecular flexibility index (Phi) is 6.43. The molecule has 3 aromatic rings. The summed E-state index contributed by atoms with van der Waals surface area (Å²) in [4.78, 5) is 29.7. The van der Waals surface area contributed by atoms with Crippen molar-refractivity contribution in [2.45, 2.75) is 19.5 Å². The molecule has 3 N–H and O–H groups in total. The van der Waals surface area contributed by atoms with Crippen molar-refractivity contribution in [2.75, 3.05) is 24.5 Å². The van der Waals surface area contributed by atoms with E-state index in [0.29, 0.717) is 36.8 Å². The lowest BCUT2D eigenvalue weighted by molar-refractivity contribution is 0.0980. The fourth-order valence-electron chi connectivity index (χ4n) is 3.84. The lowest BCUT2D eigenvalue weighted by atomic mass is 10.1. The highest BCUT2D eigenvalue weighted by atomic mass is 35.5. The Morgan fingerprint density at radius 1 is 1.22 bits per heavy atom. The van der Waals surface area contributed by atoms with Crippen molar-refractivity contribution in [3.63, 3.8) is 0 Å². The number of rotatable bonds is 4. The highest BCUT2D eigenvalue weighted by Crippen LogP contribution is 2.30. The fourth-order valence-corrected chi connectivity index (χ4v) is 4.10. The number of carbonyl (C=O) groups is 2. The molecule has 166 valence electrons. The molecule has 1 aliphatic heterocycles. The largest absolute Gasteiger partial charge is 0.337 e. The number of nitrogens with zero attached hydrogens (tertiary/aromatic N) is 4.